The smallest absolute Gasteiger partial charge is 0.171 e. The highest BCUT2D eigenvalue weighted by molar-refractivity contribution is 7.17. The summed E-state index contributed by atoms with van der Waals surface area (Å²) in [6.45, 7) is 5.80. The molecule has 2 nitrogen and oxygen atoms in total. The number of Topliss-reactive ketones (excluding diaryl/α,β-unsaturated/α-hetero) is 1. The SMILES string of the molecule is CCCc1nc(-c2ccccc2C)sc1C(C)=O. The molecule has 0 amide bonds. The fourth-order valence-corrected chi connectivity index (χ4v) is 3.06. The Morgan fingerprint density at radius 2 is 2.06 bits per heavy atom. The van der Waals surface area contributed by atoms with Crippen molar-refractivity contribution in [3.05, 3.63) is 40.4 Å². The summed E-state index contributed by atoms with van der Waals surface area (Å²) < 4.78 is 0. The highest BCUT2D eigenvalue weighted by Crippen LogP contribution is 2.31. The van der Waals surface area contributed by atoms with Crippen molar-refractivity contribution < 1.29 is 4.79 Å². The summed E-state index contributed by atoms with van der Waals surface area (Å²) in [6, 6.07) is 8.17. The number of hydrogen-bond donors (Lipinski definition) is 0. The van der Waals surface area contributed by atoms with Crippen LogP contribution in [0.3, 0.4) is 0 Å². The lowest BCUT2D eigenvalue weighted by atomic mass is 10.1. The van der Waals surface area contributed by atoms with E-state index in [1.165, 1.54) is 16.9 Å². The van der Waals surface area contributed by atoms with E-state index in [0.29, 0.717) is 0 Å². The zero-order valence-electron chi connectivity index (χ0n) is 11.0. The minimum absolute atomic E-state index is 0.121. The molecule has 1 heterocycles. The zero-order valence-corrected chi connectivity index (χ0v) is 11.8. The van der Waals surface area contributed by atoms with Crippen LogP contribution in [0.5, 0.6) is 0 Å². The van der Waals surface area contributed by atoms with Crippen LogP contribution in [0.25, 0.3) is 10.6 Å². The first kappa shape index (κ1) is 13.0. The van der Waals surface area contributed by atoms with Gasteiger partial charge >= 0.3 is 0 Å². The van der Waals surface area contributed by atoms with E-state index >= 15 is 0 Å². The predicted molar refractivity (Wildman–Crippen MR) is 76.3 cm³/mol. The molecule has 18 heavy (non-hydrogen) atoms. The molecule has 0 radical (unpaired) electrons. The Labute approximate surface area is 112 Å². The van der Waals surface area contributed by atoms with Gasteiger partial charge < -0.3 is 0 Å². The summed E-state index contributed by atoms with van der Waals surface area (Å²) >= 11 is 1.51. The third kappa shape index (κ3) is 2.51. The average Bonchev–Trinajstić information content (AvgIpc) is 2.74. The van der Waals surface area contributed by atoms with Crippen LogP contribution in [0, 0.1) is 6.92 Å². The van der Waals surface area contributed by atoms with Crippen molar-refractivity contribution in [2.24, 2.45) is 0 Å². The Kier molecular flexibility index (Phi) is 3.92. The predicted octanol–water partition coefficient (Wildman–Crippen LogP) is 4.27. The van der Waals surface area contributed by atoms with Gasteiger partial charge in [-0.2, -0.15) is 0 Å². The maximum absolute atomic E-state index is 11.6. The molecular weight excluding hydrogens is 242 g/mol. The molecule has 3 heteroatoms. The molecule has 94 valence electrons. The maximum atomic E-state index is 11.6. The lowest BCUT2D eigenvalue weighted by Gasteiger charge is -2.00. The van der Waals surface area contributed by atoms with E-state index in [0.717, 1.165) is 34.0 Å². The van der Waals surface area contributed by atoms with Crippen molar-refractivity contribution in [3.8, 4) is 10.6 Å². The molecule has 0 saturated carbocycles. The second-order valence-electron chi connectivity index (χ2n) is 4.42. The van der Waals surface area contributed by atoms with E-state index in [9.17, 15) is 4.79 Å². The molecule has 0 aliphatic rings. The van der Waals surface area contributed by atoms with Crippen LogP contribution >= 0.6 is 11.3 Å². The molecule has 0 unspecified atom stereocenters. The molecule has 0 atom stereocenters. The van der Waals surface area contributed by atoms with Crippen molar-refractivity contribution in [2.75, 3.05) is 0 Å². The van der Waals surface area contributed by atoms with Crippen LogP contribution in [0.2, 0.25) is 0 Å². The summed E-state index contributed by atoms with van der Waals surface area (Å²) in [5.41, 5.74) is 3.28. The van der Waals surface area contributed by atoms with Crippen LogP contribution in [-0.2, 0) is 6.42 Å². The third-order valence-electron chi connectivity index (χ3n) is 2.88. The summed E-state index contributed by atoms with van der Waals surface area (Å²) in [6.07, 6.45) is 1.88. The van der Waals surface area contributed by atoms with Gasteiger partial charge in [0.1, 0.15) is 5.01 Å². The molecule has 1 aromatic heterocycles. The van der Waals surface area contributed by atoms with Gasteiger partial charge in [-0.15, -0.1) is 11.3 Å². The molecule has 0 aliphatic carbocycles. The quantitative estimate of drug-likeness (QED) is 0.767. The van der Waals surface area contributed by atoms with Gasteiger partial charge in [-0.3, -0.25) is 4.79 Å². The number of rotatable bonds is 4. The standard InChI is InChI=1S/C15H17NOS/c1-4-7-13-14(11(3)17)18-15(16-13)12-9-6-5-8-10(12)2/h5-6,8-9H,4,7H2,1-3H3. The Hall–Kier alpha value is -1.48. The zero-order chi connectivity index (χ0) is 13.1. The topological polar surface area (TPSA) is 30.0 Å². The van der Waals surface area contributed by atoms with Gasteiger partial charge in [0, 0.05) is 12.5 Å². The molecule has 0 aliphatic heterocycles. The van der Waals surface area contributed by atoms with E-state index in [2.05, 4.69) is 31.0 Å². The van der Waals surface area contributed by atoms with Crippen LogP contribution in [0.15, 0.2) is 24.3 Å². The molecule has 2 aromatic rings. The van der Waals surface area contributed by atoms with Gasteiger partial charge in [0.25, 0.3) is 0 Å². The normalized spacial score (nSPS) is 10.6. The molecule has 0 fully saturated rings. The highest BCUT2D eigenvalue weighted by atomic mass is 32.1. The molecule has 0 bridgehead atoms. The molecule has 0 N–H and O–H groups in total. The second-order valence-corrected chi connectivity index (χ2v) is 5.42. The van der Waals surface area contributed by atoms with Gasteiger partial charge in [-0.05, 0) is 18.9 Å². The summed E-state index contributed by atoms with van der Waals surface area (Å²) in [4.78, 5) is 17.1. The summed E-state index contributed by atoms with van der Waals surface area (Å²) in [5, 5.41) is 0.960. The Morgan fingerprint density at radius 1 is 1.33 bits per heavy atom. The Bertz CT molecular complexity index is 572. The van der Waals surface area contributed by atoms with E-state index in [4.69, 9.17) is 0 Å². The van der Waals surface area contributed by atoms with Crippen LogP contribution in [0.4, 0.5) is 0 Å². The average molecular weight is 259 g/mol. The minimum Gasteiger partial charge on any atom is -0.294 e. The third-order valence-corrected chi connectivity index (χ3v) is 4.11. The van der Waals surface area contributed by atoms with E-state index in [-0.39, 0.29) is 5.78 Å². The number of carbonyl (C=O) groups is 1. The monoisotopic (exact) mass is 259 g/mol. The number of ketones is 1. The molecular formula is C15H17NOS. The Balaban J connectivity index is 2.50. The molecule has 0 spiro atoms. The van der Waals surface area contributed by atoms with Crippen molar-refractivity contribution in [3.63, 3.8) is 0 Å². The first-order valence-corrected chi connectivity index (χ1v) is 7.01. The summed E-state index contributed by atoms with van der Waals surface area (Å²) in [7, 11) is 0. The summed E-state index contributed by atoms with van der Waals surface area (Å²) in [5.74, 6) is 0.121. The number of thiazole rings is 1. The van der Waals surface area contributed by atoms with E-state index in [1.54, 1.807) is 6.92 Å². The number of aryl methyl sites for hydroxylation is 2. The van der Waals surface area contributed by atoms with Crippen molar-refractivity contribution in [1.29, 1.82) is 0 Å². The van der Waals surface area contributed by atoms with Crippen molar-refractivity contribution >= 4 is 17.1 Å². The largest absolute Gasteiger partial charge is 0.294 e. The van der Waals surface area contributed by atoms with Crippen LogP contribution in [-0.4, -0.2) is 10.8 Å². The van der Waals surface area contributed by atoms with Crippen LogP contribution < -0.4 is 0 Å². The van der Waals surface area contributed by atoms with E-state index < -0.39 is 0 Å². The van der Waals surface area contributed by atoms with Crippen molar-refractivity contribution in [1.82, 2.24) is 4.98 Å². The van der Waals surface area contributed by atoms with E-state index in [1.807, 2.05) is 12.1 Å². The van der Waals surface area contributed by atoms with Gasteiger partial charge in [0.15, 0.2) is 5.78 Å². The van der Waals surface area contributed by atoms with Gasteiger partial charge in [0.2, 0.25) is 0 Å². The number of benzene rings is 1. The van der Waals surface area contributed by atoms with Gasteiger partial charge in [-0.25, -0.2) is 4.98 Å². The van der Waals surface area contributed by atoms with Crippen molar-refractivity contribution in [2.45, 2.75) is 33.6 Å². The fourth-order valence-electron chi connectivity index (χ4n) is 1.96. The molecule has 2 rings (SSSR count). The van der Waals surface area contributed by atoms with Crippen LogP contribution in [0.1, 0.15) is 41.2 Å². The minimum atomic E-state index is 0.121. The second kappa shape index (κ2) is 5.44. The lowest BCUT2D eigenvalue weighted by Crippen LogP contribution is -1.95. The number of nitrogens with zero attached hydrogens (tertiary/aromatic N) is 1. The molecule has 1 aromatic carbocycles. The highest BCUT2D eigenvalue weighted by Gasteiger charge is 2.15. The first-order chi connectivity index (χ1) is 8.63. The number of aromatic nitrogens is 1. The molecule has 0 saturated heterocycles. The van der Waals surface area contributed by atoms with Gasteiger partial charge in [0.05, 0.1) is 10.6 Å². The van der Waals surface area contributed by atoms with Gasteiger partial charge in [-0.1, -0.05) is 37.6 Å². The first-order valence-electron chi connectivity index (χ1n) is 6.20. The lowest BCUT2D eigenvalue weighted by molar-refractivity contribution is 0.102. The number of hydrogen-bond acceptors (Lipinski definition) is 3. The Morgan fingerprint density at radius 3 is 2.67 bits per heavy atom. The maximum Gasteiger partial charge on any atom is 0.171 e. The fraction of sp³-hybridized carbons (Fsp3) is 0.333. The number of carbonyl (C=O) groups excluding carboxylic acids is 1.